The minimum atomic E-state index is -0.913. The van der Waals surface area contributed by atoms with E-state index in [1.54, 1.807) is 6.20 Å². The number of fused-ring (bicyclic) bond motifs is 3. The van der Waals surface area contributed by atoms with E-state index in [1.165, 1.54) is 0 Å². The monoisotopic (exact) mass is 732 g/mol. The van der Waals surface area contributed by atoms with E-state index in [1.807, 2.05) is 61.5 Å². The Morgan fingerprint density at radius 3 is 2.71 bits per heavy atom. The summed E-state index contributed by atoms with van der Waals surface area (Å²) in [5, 5.41) is 6.74. The summed E-state index contributed by atoms with van der Waals surface area (Å²) in [6.07, 6.45) is 6.14. The number of hydrogen-bond acceptors (Lipinski definition) is 8. The molecule has 1 spiro atoms. The topological polar surface area (TPSA) is 124 Å². The van der Waals surface area contributed by atoms with Gasteiger partial charge in [-0.15, -0.1) is 0 Å². The molecule has 52 heavy (non-hydrogen) atoms. The quantitative estimate of drug-likeness (QED) is 0.155. The predicted octanol–water partition coefficient (Wildman–Crippen LogP) is 6.54. The second-order valence-electron chi connectivity index (χ2n) is 14.4. The predicted molar refractivity (Wildman–Crippen MR) is 200 cm³/mol. The highest BCUT2D eigenvalue weighted by molar-refractivity contribution is 6.53. The zero-order valence-corrected chi connectivity index (χ0v) is 30.7. The molecule has 11 nitrogen and oxygen atoms in total. The summed E-state index contributed by atoms with van der Waals surface area (Å²) < 4.78 is 14.2. The molecule has 2 N–H and O–H groups in total. The Balaban J connectivity index is 0.879. The molecule has 9 rings (SSSR count). The van der Waals surface area contributed by atoms with Crippen molar-refractivity contribution in [2.75, 3.05) is 30.3 Å². The summed E-state index contributed by atoms with van der Waals surface area (Å²) in [7, 11) is -0.913. The van der Waals surface area contributed by atoms with E-state index in [9.17, 15) is 9.59 Å². The second-order valence-corrected chi connectivity index (χ2v) is 17.0. The molecule has 3 fully saturated rings. The number of carbonyl (C=O) groups excluding carboxylic acids is 2. The summed E-state index contributed by atoms with van der Waals surface area (Å²) in [4.78, 5) is 42.9. The van der Waals surface area contributed by atoms with Crippen LogP contribution in [0, 0.1) is 6.92 Å². The Morgan fingerprint density at radius 1 is 1.12 bits per heavy atom. The second kappa shape index (κ2) is 13.4. The molecule has 6 heterocycles. The highest BCUT2D eigenvalue weighted by atomic mass is 35.5. The van der Waals surface area contributed by atoms with Crippen LogP contribution in [0.3, 0.4) is 0 Å². The number of nitrogens with one attached hydrogen (secondary N) is 2. The van der Waals surface area contributed by atoms with Gasteiger partial charge in [0, 0.05) is 53.6 Å². The molecule has 2 aromatic carbocycles. The normalized spacial score (nSPS) is 18.3. The molecule has 3 aliphatic heterocycles. The van der Waals surface area contributed by atoms with Crippen LogP contribution in [0.25, 0.3) is 11.0 Å². The number of carbonyl (C=O) groups is 2. The molecule has 3 aromatic heterocycles. The van der Waals surface area contributed by atoms with Gasteiger partial charge in [-0.3, -0.25) is 19.5 Å². The van der Waals surface area contributed by atoms with Gasteiger partial charge in [0.2, 0.25) is 20.8 Å². The lowest BCUT2D eigenvalue weighted by atomic mass is 9.93. The summed E-state index contributed by atoms with van der Waals surface area (Å²) in [5.74, 6) is 1.83. The molecule has 5 aromatic rings. The van der Waals surface area contributed by atoms with Crippen molar-refractivity contribution >= 4 is 54.9 Å². The van der Waals surface area contributed by atoms with Crippen molar-refractivity contribution in [3.05, 3.63) is 106 Å². The molecule has 2 amide bonds. The maximum Gasteiger partial charge on any atom is 0.255 e. The largest absolute Gasteiger partial charge is 0.471 e. The first-order valence-corrected chi connectivity index (χ1v) is 20.2. The zero-order chi connectivity index (χ0) is 35.4. The maximum atomic E-state index is 13.6. The van der Waals surface area contributed by atoms with Gasteiger partial charge in [-0.05, 0) is 111 Å². The highest BCUT2D eigenvalue weighted by Gasteiger charge is 2.56. The average Bonchev–Trinajstić information content (AvgIpc) is 3.81. The fourth-order valence-electron chi connectivity index (χ4n) is 7.71. The Hall–Kier alpha value is -4.62. The first-order valence-electron chi connectivity index (χ1n) is 18.0. The third-order valence-corrected chi connectivity index (χ3v) is 13.2. The van der Waals surface area contributed by atoms with E-state index >= 15 is 0 Å². The Labute approximate surface area is 308 Å². The Morgan fingerprint density at radius 2 is 1.96 bits per heavy atom. The number of ether oxygens (including phenoxy) is 1. The van der Waals surface area contributed by atoms with E-state index in [-0.39, 0.29) is 11.8 Å². The van der Waals surface area contributed by atoms with Crippen LogP contribution >= 0.6 is 11.6 Å². The van der Waals surface area contributed by atoms with Crippen LogP contribution in [0.1, 0.15) is 70.3 Å². The van der Waals surface area contributed by atoms with Crippen molar-refractivity contribution in [2.45, 2.75) is 69.3 Å². The molecule has 1 aliphatic carbocycles. The van der Waals surface area contributed by atoms with Crippen LogP contribution in [0.15, 0.2) is 66.9 Å². The van der Waals surface area contributed by atoms with Crippen LogP contribution in [0.4, 0.5) is 11.4 Å². The van der Waals surface area contributed by atoms with E-state index in [0.29, 0.717) is 34.7 Å². The summed E-state index contributed by atoms with van der Waals surface area (Å²) in [5.41, 5.74) is 7.37. The average molecular weight is 733 g/mol. The lowest BCUT2D eigenvalue weighted by Crippen LogP contribution is -2.37. The number of halogens is 1. The number of aromatic nitrogens is 4. The minimum absolute atomic E-state index is 0.0712. The van der Waals surface area contributed by atoms with Gasteiger partial charge in [-0.25, -0.2) is 9.97 Å². The van der Waals surface area contributed by atoms with Gasteiger partial charge < -0.3 is 24.4 Å². The van der Waals surface area contributed by atoms with Crippen molar-refractivity contribution in [3.8, 4) is 5.88 Å². The molecule has 4 aliphatic rings. The van der Waals surface area contributed by atoms with E-state index in [4.69, 9.17) is 30.7 Å². The van der Waals surface area contributed by atoms with Crippen LogP contribution in [-0.2, 0) is 34.0 Å². The number of likely N-dealkylation sites (tertiary alicyclic amines) is 1. The summed E-state index contributed by atoms with van der Waals surface area (Å²) in [6.45, 7) is 5.73. The summed E-state index contributed by atoms with van der Waals surface area (Å²) in [6, 6.07) is 20.5. The number of imidazole rings is 1. The van der Waals surface area contributed by atoms with Gasteiger partial charge in [-0.1, -0.05) is 17.7 Å². The zero-order valence-electron chi connectivity index (χ0n) is 29.0. The molecule has 1 saturated carbocycles. The van der Waals surface area contributed by atoms with E-state index < -0.39 is 14.5 Å². The van der Waals surface area contributed by atoms with Gasteiger partial charge >= 0.3 is 0 Å². The van der Waals surface area contributed by atoms with Gasteiger partial charge in [0.25, 0.3) is 5.91 Å². The molecule has 0 atom stereocenters. The molecular formula is C39H39ClN7O4Si. The van der Waals surface area contributed by atoms with Crippen LogP contribution < -0.4 is 15.4 Å². The number of aryl methyl sites for hydroxylation is 1. The smallest absolute Gasteiger partial charge is 0.255 e. The van der Waals surface area contributed by atoms with Crippen molar-refractivity contribution < 1.29 is 18.8 Å². The fraction of sp³-hybridized carbons (Fsp3) is 0.359. The van der Waals surface area contributed by atoms with Gasteiger partial charge in [-0.2, -0.15) is 0 Å². The molecule has 0 bridgehead atoms. The van der Waals surface area contributed by atoms with Crippen LogP contribution in [0.5, 0.6) is 5.88 Å². The molecule has 0 unspecified atom stereocenters. The minimum Gasteiger partial charge on any atom is -0.471 e. The number of anilines is 2. The summed E-state index contributed by atoms with van der Waals surface area (Å²) >= 11 is 5.96. The number of hydrogen-bond donors (Lipinski definition) is 2. The third-order valence-electron chi connectivity index (χ3n) is 10.9. The highest BCUT2D eigenvalue weighted by Crippen LogP contribution is 2.56. The number of benzene rings is 2. The van der Waals surface area contributed by atoms with Crippen LogP contribution in [-0.4, -0.2) is 65.0 Å². The third kappa shape index (κ3) is 6.38. The van der Waals surface area contributed by atoms with Crippen molar-refractivity contribution in [2.24, 2.45) is 0 Å². The molecule has 1 radical (unpaired) electrons. The first-order chi connectivity index (χ1) is 25.3. The lowest BCUT2D eigenvalue weighted by Gasteiger charge is -2.32. The number of piperidine rings is 1. The SMILES string of the molecule is Cc1cc(NC(=O)c2ccc3c(c2)nc(CN2CCC(c4cccc(OCc5ccc(Cl)cn5)n4)CC2)n3C[Si]2CCO2)cc2c1NC(=O)C21CC1. The van der Waals surface area contributed by atoms with E-state index in [0.717, 1.165) is 109 Å². The van der Waals surface area contributed by atoms with Gasteiger partial charge in [0.05, 0.1) is 33.7 Å². The molecule has 265 valence electrons. The lowest BCUT2D eigenvalue weighted by molar-refractivity contribution is -0.117. The fourth-order valence-corrected chi connectivity index (χ4v) is 9.27. The first kappa shape index (κ1) is 33.2. The number of pyridine rings is 2. The van der Waals surface area contributed by atoms with Crippen LogP contribution in [0.2, 0.25) is 11.1 Å². The van der Waals surface area contributed by atoms with Gasteiger partial charge in [0.1, 0.15) is 12.4 Å². The van der Waals surface area contributed by atoms with Crippen molar-refractivity contribution in [3.63, 3.8) is 0 Å². The number of rotatable bonds is 10. The van der Waals surface area contributed by atoms with E-state index in [2.05, 4.69) is 31.2 Å². The molecule has 2 saturated heterocycles. The molecular weight excluding hydrogens is 694 g/mol. The maximum absolute atomic E-state index is 13.6. The Bertz CT molecular complexity index is 2190. The van der Waals surface area contributed by atoms with Gasteiger partial charge in [0.15, 0.2) is 0 Å². The van der Waals surface area contributed by atoms with Crippen molar-refractivity contribution in [1.82, 2.24) is 24.4 Å². The van der Waals surface area contributed by atoms with Crippen molar-refractivity contribution in [1.29, 1.82) is 0 Å². The number of nitrogens with zero attached hydrogens (tertiary/aromatic N) is 5. The molecule has 13 heteroatoms. The standard InChI is InChI=1S/C39H39ClN7O4Si/c1-24-17-29(19-30-36(24)45-38(49)39(30)11-12-39)42-37(48)26-5-8-33-32(18-26)43-34(47(33)23-52-16-15-51-52)21-46-13-9-25(10-14-46)31-3-2-4-35(44-31)50-22-28-7-6-27(40)20-41-28/h2-8,17-20,25H,9-16,21-23H2,1H3,(H,42,48)(H,45,49). The Kier molecular flexibility index (Phi) is 8.57. The number of amides is 2.